The first-order valence-corrected chi connectivity index (χ1v) is 10.9. The average Bonchev–Trinajstić information content (AvgIpc) is 2.69. The molecule has 0 bridgehead atoms. The summed E-state index contributed by atoms with van der Waals surface area (Å²) < 4.78 is 26.6. The summed E-state index contributed by atoms with van der Waals surface area (Å²) >= 11 is 0. The Bertz CT molecular complexity index is 1020. The van der Waals surface area contributed by atoms with E-state index in [2.05, 4.69) is 10.6 Å². The molecule has 0 saturated heterocycles. The Morgan fingerprint density at radius 2 is 1.86 bits per heavy atom. The quantitative estimate of drug-likeness (QED) is 0.722. The molecule has 0 atom stereocenters. The third kappa shape index (κ3) is 5.21. The molecule has 0 spiro atoms. The molecule has 0 fully saturated rings. The normalized spacial score (nSPS) is 13.7. The zero-order chi connectivity index (χ0) is 21.0. The molecule has 0 unspecified atom stereocenters. The van der Waals surface area contributed by atoms with Crippen LogP contribution in [0.25, 0.3) is 0 Å². The number of sulfonamides is 1. The van der Waals surface area contributed by atoms with Crippen molar-refractivity contribution in [1.82, 2.24) is 9.62 Å². The Morgan fingerprint density at radius 1 is 1.14 bits per heavy atom. The van der Waals surface area contributed by atoms with Crippen LogP contribution in [0.15, 0.2) is 47.4 Å². The number of carbonyl (C=O) groups excluding carboxylic acids is 2. The Morgan fingerprint density at radius 3 is 2.59 bits per heavy atom. The monoisotopic (exact) mass is 415 g/mol. The molecule has 0 radical (unpaired) electrons. The first-order valence-electron chi connectivity index (χ1n) is 9.47. The highest BCUT2D eigenvalue weighted by atomic mass is 32.2. The standard InChI is InChI=1S/C21H25N3O4S/c1-15-3-5-16(6-4-15)11-12-22-21(26)14-24(2)29(27,28)18-8-9-19-17(13-18)7-10-20(25)23-19/h3-6,8-9,13H,7,10-12,14H2,1-2H3,(H,22,26)(H,23,25). The van der Waals surface area contributed by atoms with Gasteiger partial charge in [-0.3, -0.25) is 9.59 Å². The molecule has 2 aromatic rings. The highest BCUT2D eigenvalue weighted by Gasteiger charge is 2.25. The van der Waals surface area contributed by atoms with Gasteiger partial charge in [-0.2, -0.15) is 4.31 Å². The number of anilines is 1. The summed E-state index contributed by atoms with van der Waals surface area (Å²) in [4.78, 5) is 23.7. The van der Waals surface area contributed by atoms with Gasteiger partial charge in [-0.15, -0.1) is 0 Å². The van der Waals surface area contributed by atoms with E-state index in [1.807, 2.05) is 31.2 Å². The van der Waals surface area contributed by atoms with Gasteiger partial charge < -0.3 is 10.6 Å². The molecule has 2 N–H and O–H groups in total. The van der Waals surface area contributed by atoms with E-state index in [9.17, 15) is 18.0 Å². The van der Waals surface area contributed by atoms with Crippen molar-refractivity contribution in [3.8, 4) is 0 Å². The van der Waals surface area contributed by atoms with Crippen molar-refractivity contribution in [2.24, 2.45) is 0 Å². The van der Waals surface area contributed by atoms with Crippen LogP contribution in [0.4, 0.5) is 5.69 Å². The largest absolute Gasteiger partial charge is 0.355 e. The van der Waals surface area contributed by atoms with Crippen LogP contribution in [-0.4, -0.2) is 44.7 Å². The molecular weight excluding hydrogens is 390 g/mol. The summed E-state index contributed by atoms with van der Waals surface area (Å²) in [6, 6.07) is 12.7. The summed E-state index contributed by atoms with van der Waals surface area (Å²) in [5.41, 5.74) is 3.70. The number of rotatable bonds is 7. The van der Waals surface area contributed by atoms with Crippen molar-refractivity contribution >= 4 is 27.5 Å². The first-order chi connectivity index (χ1) is 13.8. The maximum Gasteiger partial charge on any atom is 0.243 e. The van der Waals surface area contributed by atoms with Gasteiger partial charge in [0.25, 0.3) is 0 Å². The van der Waals surface area contributed by atoms with E-state index < -0.39 is 10.0 Å². The summed E-state index contributed by atoms with van der Waals surface area (Å²) in [7, 11) is -2.42. The molecule has 8 heteroatoms. The Hall–Kier alpha value is -2.71. The fourth-order valence-electron chi connectivity index (χ4n) is 3.14. The van der Waals surface area contributed by atoms with E-state index in [1.54, 1.807) is 12.1 Å². The molecule has 1 heterocycles. The van der Waals surface area contributed by atoms with Gasteiger partial charge in [-0.25, -0.2) is 8.42 Å². The minimum atomic E-state index is -3.80. The fourth-order valence-corrected chi connectivity index (χ4v) is 4.32. The second kappa shape index (κ2) is 8.75. The Kier molecular flexibility index (Phi) is 6.34. The van der Waals surface area contributed by atoms with Crippen molar-refractivity contribution in [2.45, 2.75) is 31.1 Å². The number of nitrogens with zero attached hydrogens (tertiary/aromatic N) is 1. The number of aryl methyl sites for hydroxylation is 2. The van der Waals surface area contributed by atoms with Crippen molar-refractivity contribution in [1.29, 1.82) is 0 Å². The Balaban J connectivity index is 1.57. The van der Waals surface area contributed by atoms with Crippen LogP contribution in [0.1, 0.15) is 23.1 Å². The SMILES string of the molecule is Cc1ccc(CCNC(=O)CN(C)S(=O)(=O)c2ccc3c(c2)CCC(=O)N3)cc1. The lowest BCUT2D eigenvalue weighted by atomic mass is 10.0. The van der Waals surface area contributed by atoms with Crippen LogP contribution in [-0.2, 0) is 32.5 Å². The van der Waals surface area contributed by atoms with Crippen LogP contribution in [0.3, 0.4) is 0 Å². The predicted molar refractivity (Wildman–Crippen MR) is 111 cm³/mol. The highest BCUT2D eigenvalue weighted by molar-refractivity contribution is 7.89. The molecule has 29 heavy (non-hydrogen) atoms. The zero-order valence-electron chi connectivity index (χ0n) is 16.6. The number of hydrogen-bond acceptors (Lipinski definition) is 4. The molecule has 1 aliphatic rings. The van der Waals surface area contributed by atoms with Crippen molar-refractivity contribution < 1.29 is 18.0 Å². The number of carbonyl (C=O) groups is 2. The van der Waals surface area contributed by atoms with Crippen molar-refractivity contribution in [3.63, 3.8) is 0 Å². The van der Waals surface area contributed by atoms with Crippen molar-refractivity contribution in [2.75, 3.05) is 25.5 Å². The second-order valence-electron chi connectivity index (χ2n) is 7.21. The van der Waals surface area contributed by atoms with E-state index in [1.165, 1.54) is 18.7 Å². The molecule has 1 aliphatic heterocycles. The van der Waals surface area contributed by atoms with Crippen LogP contribution in [0.5, 0.6) is 0 Å². The van der Waals surface area contributed by atoms with Gasteiger partial charge in [0.2, 0.25) is 21.8 Å². The molecule has 7 nitrogen and oxygen atoms in total. The fraction of sp³-hybridized carbons (Fsp3) is 0.333. The van der Waals surface area contributed by atoms with Crippen LogP contribution < -0.4 is 10.6 Å². The van der Waals surface area contributed by atoms with Gasteiger partial charge in [-0.05, 0) is 49.1 Å². The van der Waals surface area contributed by atoms with Gasteiger partial charge >= 0.3 is 0 Å². The number of likely N-dealkylation sites (N-methyl/N-ethyl adjacent to an activating group) is 1. The summed E-state index contributed by atoms with van der Waals surface area (Å²) in [6.45, 7) is 2.19. The summed E-state index contributed by atoms with van der Waals surface area (Å²) in [5.74, 6) is -0.430. The molecule has 154 valence electrons. The van der Waals surface area contributed by atoms with E-state index in [4.69, 9.17) is 0 Å². The lowest BCUT2D eigenvalue weighted by Crippen LogP contribution is -2.39. The van der Waals surface area contributed by atoms with E-state index >= 15 is 0 Å². The molecule has 0 aliphatic carbocycles. The number of nitrogens with one attached hydrogen (secondary N) is 2. The maximum atomic E-state index is 12.8. The average molecular weight is 416 g/mol. The Labute approximate surface area is 171 Å². The minimum Gasteiger partial charge on any atom is -0.355 e. The smallest absolute Gasteiger partial charge is 0.243 e. The number of fused-ring (bicyclic) bond motifs is 1. The molecule has 3 rings (SSSR count). The van der Waals surface area contributed by atoms with E-state index in [0.29, 0.717) is 31.5 Å². The van der Waals surface area contributed by atoms with Gasteiger partial charge in [0.15, 0.2) is 0 Å². The van der Waals surface area contributed by atoms with Crippen LogP contribution in [0, 0.1) is 6.92 Å². The van der Waals surface area contributed by atoms with E-state index in [0.717, 1.165) is 15.4 Å². The predicted octanol–water partition coefficient (Wildman–Crippen LogP) is 1.86. The maximum absolute atomic E-state index is 12.8. The van der Waals surface area contributed by atoms with Crippen LogP contribution in [0.2, 0.25) is 0 Å². The van der Waals surface area contributed by atoms with Crippen molar-refractivity contribution in [3.05, 3.63) is 59.2 Å². The first kappa shape index (κ1) is 21.0. The van der Waals surface area contributed by atoms with Gasteiger partial charge in [0.05, 0.1) is 11.4 Å². The third-order valence-electron chi connectivity index (χ3n) is 4.90. The van der Waals surface area contributed by atoms with Gasteiger partial charge in [0, 0.05) is 25.7 Å². The number of hydrogen-bond donors (Lipinski definition) is 2. The second-order valence-corrected chi connectivity index (χ2v) is 9.26. The lowest BCUT2D eigenvalue weighted by Gasteiger charge is -2.20. The number of amides is 2. The molecule has 2 amide bonds. The number of benzene rings is 2. The van der Waals surface area contributed by atoms with Gasteiger partial charge in [-0.1, -0.05) is 29.8 Å². The third-order valence-corrected chi connectivity index (χ3v) is 6.70. The summed E-state index contributed by atoms with van der Waals surface area (Å²) in [5, 5.41) is 5.49. The minimum absolute atomic E-state index is 0.0764. The zero-order valence-corrected chi connectivity index (χ0v) is 17.4. The molecule has 2 aromatic carbocycles. The van der Waals surface area contributed by atoms with Crippen LogP contribution >= 0.6 is 0 Å². The highest BCUT2D eigenvalue weighted by Crippen LogP contribution is 2.26. The molecule has 0 saturated carbocycles. The lowest BCUT2D eigenvalue weighted by molar-refractivity contribution is -0.121. The topological polar surface area (TPSA) is 95.6 Å². The van der Waals surface area contributed by atoms with E-state index in [-0.39, 0.29) is 23.3 Å². The summed E-state index contributed by atoms with van der Waals surface area (Å²) in [6.07, 6.45) is 1.50. The molecule has 0 aromatic heterocycles. The van der Waals surface area contributed by atoms with Gasteiger partial charge in [0.1, 0.15) is 0 Å². The molecular formula is C21H25N3O4S.